The molecule has 3 aromatic rings. The van der Waals surface area contributed by atoms with Crippen molar-refractivity contribution in [3.8, 4) is 16.1 Å². The van der Waals surface area contributed by atoms with Crippen LogP contribution in [0.3, 0.4) is 0 Å². The van der Waals surface area contributed by atoms with E-state index in [1.165, 1.54) is 11.3 Å². The predicted octanol–water partition coefficient (Wildman–Crippen LogP) is 5.17. The van der Waals surface area contributed by atoms with Crippen molar-refractivity contribution in [1.29, 1.82) is 0 Å². The van der Waals surface area contributed by atoms with Crippen molar-refractivity contribution in [2.45, 2.75) is 33.1 Å². The van der Waals surface area contributed by atoms with Crippen molar-refractivity contribution in [1.82, 2.24) is 4.57 Å². The molecule has 0 aliphatic heterocycles. The van der Waals surface area contributed by atoms with Gasteiger partial charge in [0.15, 0.2) is 0 Å². The van der Waals surface area contributed by atoms with Gasteiger partial charge in [-0.2, -0.15) is 0 Å². The number of benzene rings is 2. The van der Waals surface area contributed by atoms with Gasteiger partial charge in [0.25, 0.3) is 0 Å². The molecule has 118 valence electrons. The van der Waals surface area contributed by atoms with Crippen LogP contribution in [-0.4, -0.2) is 4.57 Å². The SMILES string of the molecule is Cc1ccccc1-n1c(C(C)(C)C)c(-c2ccccc2)sc1=O. The number of thiazole rings is 1. The zero-order chi connectivity index (χ0) is 16.6. The van der Waals surface area contributed by atoms with Gasteiger partial charge in [-0.3, -0.25) is 9.36 Å². The van der Waals surface area contributed by atoms with Gasteiger partial charge in [0.2, 0.25) is 0 Å². The monoisotopic (exact) mass is 323 g/mol. The van der Waals surface area contributed by atoms with Crippen molar-refractivity contribution in [2.24, 2.45) is 0 Å². The molecule has 0 aliphatic rings. The lowest BCUT2D eigenvalue weighted by Crippen LogP contribution is -2.23. The molecule has 3 heteroatoms. The molecule has 0 amide bonds. The summed E-state index contributed by atoms with van der Waals surface area (Å²) in [7, 11) is 0. The van der Waals surface area contributed by atoms with Crippen LogP contribution in [0.5, 0.6) is 0 Å². The second kappa shape index (κ2) is 5.82. The highest BCUT2D eigenvalue weighted by atomic mass is 32.1. The van der Waals surface area contributed by atoms with Crippen molar-refractivity contribution < 1.29 is 0 Å². The Morgan fingerprint density at radius 3 is 2.13 bits per heavy atom. The number of hydrogen-bond donors (Lipinski definition) is 0. The van der Waals surface area contributed by atoms with E-state index in [4.69, 9.17) is 0 Å². The van der Waals surface area contributed by atoms with Crippen LogP contribution in [-0.2, 0) is 5.41 Å². The first-order chi connectivity index (χ1) is 10.9. The topological polar surface area (TPSA) is 22.0 Å². The molecular weight excluding hydrogens is 302 g/mol. The molecule has 23 heavy (non-hydrogen) atoms. The zero-order valence-corrected chi connectivity index (χ0v) is 14.8. The first-order valence-electron chi connectivity index (χ1n) is 7.77. The van der Waals surface area contributed by atoms with E-state index >= 15 is 0 Å². The number of rotatable bonds is 2. The highest BCUT2D eigenvalue weighted by Crippen LogP contribution is 2.37. The highest BCUT2D eigenvalue weighted by Gasteiger charge is 2.27. The van der Waals surface area contributed by atoms with Crippen LogP contribution in [0.15, 0.2) is 59.4 Å². The second-order valence-corrected chi connectivity index (χ2v) is 7.75. The van der Waals surface area contributed by atoms with E-state index in [2.05, 4.69) is 32.9 Å². The number of hydrogen-bond acceptors (Lipinski definition) is 2. The fourth-order valence-electron chi connectivity index (χ4n) is 2.87. The quantitative estimate of drug-likeness (QED) is 0.637. The molecule has 1 heterocycles. The summed E-state index contributed by atoms with van der Waals surface area (Å²) in [6.45, 7) is 8.54. The molecule has 1 aromatic heterocycles. The molecule has 3 rings (SSSR count). The van der Waals surface area contributed by atoms with Gasteiger partial charge < -0.3 is 0 Å². The molecule has 0 bridgehead atoms. The largest absolute Gasteiger partial charge is 0.312 e. The van der Waals surface area contributed by atoms with Crippen LogP contribution in [0, 0.1) is 6.92 Å². The number of aromatic nitrogens is 1. The lowest BCUT2D eigenvalue weighted by Gasteiger charge is -2.23. The molecule has 0 atom stereocenters. The third-order valence-electron chi connectivity index (χ3n) is 3.91. The second-order valence-electron chi connectivity index (χ2n) is 6.78. The summed E-state index contributed by atoms with van der Waals surface area (Å²) in [5.41, 5.74) is 4.13. The van der Waals surface area contributed by atoms with Gasteiger partial charge in [0.1, 0.15) is 0 Å². The van der Waals surface area contributed by atoms with E-state index in [1.54, 1.807) is 0 Å². The Morgan fingerprint density at radius 2 is 1.52 bits per heavy atom. The van der Waals surface area contributed by atoms with E-state index in [1.807, 2.05) is 54.0 Å². The van der Waals surface area contributed by atoms with Gasteiger partial charge in [-0.15, -0.1) is 0 Å². The van der Waals surface area contributed by atoms with E-state index in [0.29, 0.717) is 0 Å². The van der Waals surface area contributed by atoms with Crippen LogP contribution in [0.25, 0.3) is 16.1 Å². The molecule has 0 radical (unpaired) electrons. The first kappa shape index (κ1) is 15.8. The lowest BCUT2D eigenvalue weighted by atomic mass is 9.89. The minimum atomic E-state index is -0.132. The summed E-state index contributed by atoms with van der Waals surface area (Å²) in [6.07, 6.45) is 0. The lowest BCUT2D eigenvalue weighted by molar-refractivity contribution is 0.555. The summed E-state index contributed by atoms with van der Waals surface area (Å²) in [5.74, 6) is 0. The smallest absolute Gasteiger partial charge is 0.270 e. The molecule has 0 spiro atoms. The maximum absolute atomic E-state index is 12.8. The Labute approximate surface area is 141 Å². The number of aryl methyl sites for hydroxylation is 1. The normalized spacial score (nSPS) is 11.7. The Hall–Kier alpha value is -2.13. The molecule has 0 saturated heterocycles. The Morgan fingerprint density at radius 1 is 0.913 bits per heavy atom. The van der Waals surface area contributed by atoms with Gasteiger partial charge >= 0.3 is 4.87 Å². The number of para-hydroxylation sites is 1. The fourth-order valence-corrected chi connectivity index (χ4v) is 4.07. The maximum Gasteiger partial charge on any atom is 0.312 e. The van der Waals surface area contributed by atoms with E-state index in [0.717, 1.165) is 27.4 Å². The zero-order valence-electron chi connectivity index (χ0n) is 14.0. The van der Waals surface area contributed by atoms with Crippen LogP contribution >= 0.6 is 11.3 Å². The first-order valence-corrected chi connectivity index (χ1v) is 8.59. The molecule has 0 aliphatic carbocycles. The summed E-state index contributed by atoms with van der Waals surface area (Å²) in [4.78, 5) is 13.9. The van der Waals surface area contributed by atoms with Crippen LogP contribution in [0.1, 0.15) is 32.0 Å². The Bertz CT molecular complexity index is 882. The number of nitrogens with zero attached hydrogens (tertiary/aromatic N) is 1. The van der Waals surface area contributed by atoms with E-state index < -0.39 is 0 Å². The molecule has 0 unspecified atom stereocenters. The minimum Gasteiger partial charge on any atom is -0.270 e. The molecular formula is C20H21NOS. The average molecular weight is 323 g/mol. The van der Waals surface area contributed by atoms with Crippen LogP contribution in [0.2, 0.25) is 0 Å². The van der Waals surface area contributed by atoms with E-state index in [-0.39, 0.29) is 10.3 Å². The van der Waals surface area contributed by atoms with Crippen molar-refractivity contribution >= 4 is 11.3 Å². The Kier molecular flexibility index (Phi) is 3.99. The van der Waals surface area contributed by atoms with E-state index in [9.17, 15) is 4.79 Å². The van der Waals surface area contributed by atoms with Crippen LogP contribution < -0.4 is 4.87 Å². The van der Waals surface area contributed by atoms with Gasteiger partial charge in [0.05, 0.1) is 16.3 Å². The van der Waals surface area contributed by atoms with Crippen molar-refractivity contribution in [3.05, 3.63) is 75.5 Å². The minimum absolute atomic E-state index is 0.0723. The third-order valence-corrected chi connectivity index (χ3v) is 4.90. The van der Waals surface area contributed by atoms with Crippen molar-refractivity contribution in [3.63, 3.8) is 0 Å². The molecule has 0 saturated carbocycles. The van der Waals surface area contributed by atoms with Crippen LogP contribution in [0.4, 0.5) is 0 Å². The highest BCUT2D eigenvalue weighted by molar-refractivity contribution is 7.13. The summed E-state index contributed by atoms with van der Waals surface area (Å²) < 4.78 is 1.89. The fraction of sp³-hybridized carbons (Fsp3) is 0.250. The summed E-state index contributed by atoms with van der Waals surface area (Å²) in [6, 6.07) is 18.2. The molecule has 0 N–H and O–H groups in total. The Balaban J connectivity index is 2.37. The third kappa shape index (κ3) is 2.89. The molecule has 0 fully saturated rings. The van der Waals surface area contributed by atoms with Crippen molar-refractivity contribution in [2.75, 3.05) is 0 Å². The predicted molar refractivity (Wildman–Crippen MR) is 98.8 cm³/mol. The average Bonchev–Trinajstić information content (AvgIpc) is 2.86. The molecule has 2 aromatic carbocycles. The maximum atomic E-state index is 12.8. The summed E-state index contributed by atoms with van der Waals surface area (Å²) >= 11 is 1.33. The molecule has 2 nitrogen and oxygen atoms in total. The standard InChI is InChI=1S/C20H21NOS/c1-14-10-8-9-13-16(14)21-18(20(2,3)4)17(23-19(21)22)15-11-6-5-7-12-15/h5-13H,1-4H3. The summed E-state index contributed by atoms with van der Waals surface area (Å²) in [5, 5.41) is 0. The van der Waals surface area contributed by atoms with Gasteiger partial charge in [-0.25, -0.2) is 0 Å². The van der Waals surface area contributed by atoms with Gasteiger partial charge in [0, 0.05) is 5.41 Å². The van der Waals surface area contributed by atoms with Gasteiger partial charge in [-0.1, -0.05) is 80.6 Å². The van der Waals surface area contributed by atoms with Gasteiger partial charge in [-0.05, 0) is 24.1 Å².